The van der Waals surface area contributed by atoms with Crippen LogP contribution in [-0.4, -0.2) is 142 Å². The zero-order chi connectivity index (χ0) is 54.4. The predicted molar refractivity (Wildman–Crippen MR) is 271 cm³/mol. The first-order chi connectivity index (χ1) is 34.5. The third kappa shape index (κ3) is 15.8. The number of cyclic esters (lactones) is 1. The minimum Gasteiger partial charge on any atom is -0.504 e. The number of aliphatic hydroxyl groups is 5. The number of amides is 1. The van der Waals surface area contributed by atoms with Crippen molar-refractivity contribution in [2.45, 2.75) is 169 Å². The second-order valence-electron chi connectivity index (χ2n) is 21.7. The Bertz CT molecular complexity index is 2090. The fraction of sp³-hybridized carbons (Fsp3) is 0.714. The number of ether oxygens (including phenoxy) is 5. The monoisotopic (exact) mass is 1030 g/mol. The summed E-state index contributed by atoms with van der Waals surface area (Å²) in [7, 11) is 2.79. The molecule has 0 spiro atoms. The lowest BCUT2D eigenvalue weighted by Crippen LogP contribution is -2.60. The summed E-state index contributed by atoms with van der Waals surface area (Å²) >= 11 is 0. The van der Waals surface area contributed by atoms with Crippen molar-refractivity contribution in [3.63, 3.8) is 0 Å². The summed E-state index contributed by atoms with van der Waals surface area (Å²) in [6.07, 6.45) is 12.2. The first-order valence-corrected chi connectivity index (χ1v) is 26.3. The Morgan fingerprint density at radius 3 is 2.25 bits per heavy atom. The van der Waals surface area contributed by atoms with Crippen LogP contribution < -0.4 is 0 Å². The van der Waals surface area contributed by atoms with Gasteiger partial charge in [-0.2, -0.15) is 0 Å². The van der Waals surface area contributed by atoms with Gasteiger partial charge >= 0.3 is 11.9 Å². The van der Waals surface area contributed by atoms with E-state index < -0.39 is 120 Å². The number of carbonyl (C=O) groups is 6. The van der Waals surface area contributed by atoms with Crippen LogP contribution in [0.4, 0.5) is 0 Å². The third-order valence-electron chi connectivity index (χ3n) is 15.7. The van der Waals surface area contributed by atoms with E-state index in [1.165, 1.54) is 27.2 Å². The smallest absolute Gasteiger partial charge is 0.329 e. The van der Waals surface area contributed by atoms with Crippen LogP contribution in [0, 0.1) is 46.8 Å². The van der Waals surface area contributed by atoms with E-state index in [9.17, 15) is 54.3 Å². The molecule has 4 aliphatic rings. The molecule has 0 aromatic rings. The summed E-state index contributed by atoms with van der Waals surface area (Å²) < 4.78 is 29.4. The molecule has 2 unspecified atom stereocenters. The van der Waals surface area contributed by atoms with E-state index in [4.69, 9.17) is 23.7 Å². The van der Waals surface area contributed by atoms with Crippen molar-refractivity contribution in [2.75, 3.05) is 40.6 Å². The Morgan fingerprint density at radius 2 is 1.60 bits per heavy atom. The van der Waals surface area contributed by atoms with Crippen LogP contribution in [0.5, 0.6) is 0 Å². The Kier molecular flexibility index (Phi) is 23.3. The lowest BCUT2D eigenvalue weighted by molar-refractivity contribution is -0.265. The first-order valence-electron chi connectivity index (χ1n) is 26.3. The SMILES string of the molecule is CO/C1=C(O)/C(C)=C/[C@@H](C)C(=O)C[C@@H](C(C)CC2CC[C@@H](OC(=O)C(C)(CO)CO)[C@H](OC)C2)OC(=O)[C@@H]2CCCCN2C(=O)C(=O)[C@]2(O)O[C@@H](CC[C@H]2C)C[C@H](CO)/C(C)=C/C=C/C=C/[C@@H](C)C[C@@H](C)C1=O. The number of aliphatic hydroxyl groups excluding tert-OH is 4. The van der Waals surface area contributed by atoms with Crippen LogP contribution in [0.2, 0.25) is 0 Å². The molecule has 0 aromatic heterocycles. The van der Waals surface area contributed by atoms with Gasteiger partial charge in [0, 0.05) is 50.4 Å². The van der Waals surface area contributed by atoms with Gasteiger partial charge in [0.15, 0.2) is 5.76 Å². The van der Waals surface area contributed by atoms with Crippen LogP contribution in [0.1, 0.15) is 132 Å². The molecule has 3 heterocycles. The van der Waals surface area contributed by atoms with Gasteiger partial charge in [-0.1, -0.05) is 76.6 Å². The number of carbonyl (C=O) groups excluding carboxylic acids is 6. The molecule has 1 amide bonds. The maximum Gasteiger partial charge on any atom is 0.329 e. The number of allylic oxidation sites excluding steroid dienone is 8. The third-order valence-corrected chi connectivity index (χ3v) is 15.7. The van der Waals surface area contributed by atoms with Gasteiger partial charge < -0.3 is 54.1 Å². The van der Waals surface area contributed by atoms with Gasteiger partial charge in [-0.05, 0) is 115 Å². The minimum absolute atomic E-state index is 0.0282. The standard InChI is InChI=1S/C56H85NO16/c1-33-16-12-11-13-17-34(2)41(30-58)28-42-21-19-39(7)56(68,73-42)51(64)52(65)57-23-15-14-18-43(57)53(66)71-46(29-44(61)35(3)25-38(6)49(63)50(70-10)48(62)37(5)24-33)36(4)26-40-20-22-45(47(27-40)69-9)72-54(67)55(8,31-59)32-60/h11-13,16-17,25,33,35-37,39-43,45-47,58-60,63,68H,14-15,18-24,26-32H2,1-10H3/b13-11+,16-12+,34-17+,38-25+,50-49-/t33-,35-,36?,37-,39-,40?,41-,42+,43+,45-,46+,47-,56-/m1/s1. The van der Waals surface area contributed by atoms with Gasteiger partial charge in [0.2, 0.25) is 17.3 Å². The Hall–Kier alpha value is -4.52. The summed E-state index contributed by atoms with van der Waals surface area (Å²) in [6, 6.07) is -1.22. The van der Waals surface area contributed by atoms with Gasteiger partial charge in [-0.25, -0.2) is 4.79 Å². The normalized spacial score (nSPS) is 36.4. The summed E-state index contributed by atoms with van der Waals surface area (Å²) in [6.45, 7) is 12.2. The number of Topliss-reactive ketones (excluding diaryl/α,β-unsaturated/α-hetero) is 3. The van der Waals surface area contributed by atoms with E-state index in [0.717, 1.165) is 10.5 Å². The Labute approximate surface area is 432 Å². The fourth-order valence-electron chi connectivity index (χ4n) is 10.5. The molecule has 73 heavy (non-hydrogen) atoms. The number of esters is 2. The molecule has 1 saturated carbocycles. The average Bonchev–Trinajstić information content (AvgIpc) is 3.37. The number of methoxy groups -OCH3 is 2. The molecule has 2 saturated heterocycles. The fourth-order valence-corrected chi connectivity index (χ4v) is 10.5. The van der Waals surface area contributed by atoms with E-state index in [1.54, 1.807) is 27.7 Å². The lowest BCUT2D eigenvalue weighted by atomic mass is 9.78. The second kappa shape index (κ2) is 27.9. The van der Waals surface area contributed by atoms with Crippen molar-refractivity contribution >= 4 is 35.2 Å². The molecule has 3 aliphatic heterocycles. The topological polar surface area (TPSA) is 253 Å². The van der Waals surface area contributed by atoms with Crippen molar-refractivity contribution in [3.05, 3.63) is 59.1 Å². The maximum absolute atomic E-state index is 14.5. The van der Waals surface area contributed by atoms with Crippen molar-refractivity contribution in [3.8, 4) is 0 Å². The molecule has 5 N–H and O–H groups in total. The number of piperidine rings is 1. The summed E-state index contributed by atoms with van der Waals surface area (Å²) in [5, 5.41) is 53.4. The minimum atomic E-state index is -2.50. The van der Waals surface area contributed by atoms with Crippen molar-refractivity contribution in [1.29, 1.82) is 0 Å². The number of nitrogens with zero attached hydrogens (tertiary/aromatic N) is 1. The zero-order valence-corrected chi connectivity index (χ0v) is 44.9. The summed E-state index contributed by atoms with van der Waals surface area (Å²) in [5.41, 5.74) is -0.443. The first kappa shape index (κ1) is 61.0. The van der Waals surface area contributed by atoms with Crippen LogP contribution in [0.15, 0.2) is 59.1 Å². The molecular formula is C56H85NO16. The quantitative estimate of drug-likeness (QED) is 0.118. The second-order valence-corrected chi connectivity index (χ2v) is 21.7. The van der Waals surface area contributed by atoms with Crippen LogP contribution in [0.3, 0.4) is 0 Å². The largest absolute Gasteiger partial charge is 0.504 e. The van der Waals surface area contributed by atoms with Crippen molar-refractivity contribution < 1.29 is 78.0 Å². The molecule has 13 atom stereocenters. The molecule has 1 aliphatic carbocycles. The van der Waals surface area contributed by atoms with Crippen LogP contribution in [0.25, 0.3) is 0 Å². The van der Waals surface area contributed by atoms with Gasteiger partial charge in [0.25, 0.3) is 11.7 Å². The molecular weight excluding hydrogens is 943 g/mol. The van der Waals surface area contributed by atoms with Gasteiger partial charge in [-0.15, -0.1) is 0 Å². The predicted octanol–water partition coefficient (Wildman–Crippen LogP) is 6.36. The van der Waals surface area contributed by atoms with Gasteiger partial charge in [-0.3, -0.25) is 24.0 Å². The molecule has 410 valence electrons. The highest BCUT2D eigenvalue weighted by atomic mass is 16.6. The van der Waals surface area contributed by atoms with Crippen molar-refractivity contribution in [1.82, 2.24) is 4.90 Å². The Morgan fingerprint density at radius 1 is 0.904 bits per heavy atom. The lowest BCUT2D eigenvalue weighted by Gasteiger charge is -2.43. The molecule has 0 radical (unpaired) electrons. The highest BCUT2D eigenvalue weighted by Crippen LogP contribution is 2.39. The Balaban J connectivity index is 1.72. The maximum atomic E-state index is 14.5. The number of hydrogen-bond acceptors (Lipinski definition) is 16. The summed E-state index contributed by atoms with van der Waals surface area (Å²) in [4.78, 5) is 85.2. The average molecular weight is 1030 g/mol. The summed E-state index contributed by atoms with van der Waals surface area (Å²) in [5.74, 6) is -10.9. The van der Waals surface area contributed by atoms with E-state index in [2.05, 4.69) is 0 Å². The van der Waals surface area contributed by atoms with E-state index in [0.29, 0.717) is 57.8 Å². The van der Waals surface area contributed by atoms with E-state index >= 15 is 0 Å². The number of fused-ring (bicyclic) bond motifs is 3. The van der Waals surface area contributed by atoms with Crippen molar-refractivity contribution in [2.24, 2.45) is 46.8 Å². The highest BCUT2D eigenvalue weighted by Gasteiger charge is 2.53. The number of rotatable bonds is 10. The molecule has 17 nitrogen and oxygen atoms in total. The highest BCUT2D eigenvalue weighted by molar-refractivity contribution is 6.39. The molecule has 2 bridgehead atoms. The number of ketones is 3. The molecule has 0 aromatic carbocycles. The molecule has 17 heteroatoms. The van der Waals surface area contributed by atoms with Crippen LogP contribution in [-0.2, 0) is 52.5 Å². The zero-order valence-electron chi connectivity index (χ0n) is 44.9. The van der Waals surface area contributed by atoms with E-state index in [-0.39, 0.29) is 61.4 Å². The number of hydrogen-bond donors (Lipinski definition) is 5. The molecule has 4 rings (SSSR count). The van der Waals surface area contributed by atoms with Gasteiger partial charge in [0.05, 0.1) is 32.5 Å². The molecule has 3 fully saturated rings. The van der Waals surface area contributed by atoms with Crippen LogP contribution >= 0.6 is 0 Å². The van der Waals surface area contributed by atoms with E-state index in [1.807, 2.05) is 51.2 Å². The van der Waals surface area contributed by atoms with Gasteiger partial charge in [0.1, 0.15) is 29.4 Å².